The van der Waals surface area contributed by atoms with E-state index in [-0.39, 0.29) is 5.69 Å². The molecule has 3 heterocycles. The van der Waals surface area contributed by atoms with Crippen LogP contribution in [-0.2, 0) is 13.2 Å². The smallest absolute Gasteiger partial charge is 0.351 e. The Morgan fingerprint density at radius 2 is 2.14 bits per heavy atom. The number of fused-ring (bicyclic) bond motifs is 1. The average Bonchev–Trinajstić information content (AvgIpc) is 2.94. The molecule has 0 unspecified atom stereocenters. The average molecular weight is 287 g/mol. The van der Waals surface area contributed by atoms with Crippen molar-refractivity contribution in [2.75, 3.05) is 7.05 Å². The Kier molecular flexibility index (Phi) is 3.34. The van der Waals surface area contributed by atoms with Crippen molar-refractivity contribution in [1.82, 2.24) is 24.2 Å². The summed E-state index contributed by atoms with van der Waals surface area (Å²) in [5, 5.41) is 8.25. The molecular formula is C14H17N5O2. The molecule has 21 heavy (non-hydrogen) atoms. The van der Waals surface area contributed by atoms with Crippen molar-refractivity contribution in [2.24, 2.45) is 0 Å². The summed E-state index contributed by atoms with van der Waals surface area (Å²) in [7, 11) is 1.93. The van der Waals surface area contributed by atoms with Crippen LogP contribution in [0, 0.1) is 13.8 Å². The lowest BCUT2D eigenvalue weighted by Gasteiger charge is -2.15. The zero-order valence-electron chi connectivity index (χ0n) is 12.3. The van der Waals surface area contributed by atoms with E-state index in [4.69, 9.17) is 4.52 Å². The van der Waals surface area contributed by atoms with E-state index in [1.165, 1.54) is 9.08 Å². The highest BCUT2D eigenvalue weighted by Gasteiger charge is 2.13. The number of aromatic nitrogens is 4. The van der Waals surface area contributed by atoms with E-state index in [0.29, 0.717) is 18.9 Å². The van der Waals surface area contributed by atoms with Crippen molar-refractivity contribution in [2.45, 2.75) is 27.1 Å². The van der Waals surface area contributed by atoms with Crippen LogP contribution in [0.15, 0.2) is 33.7 Å². The van der Waals surface area contributed by atoms with Gasteiger partial charge in [-0.15, -0.1) is 5.10 Å². The quantitative estimate of drug-likeness (QED) is 0.721. The van der Waals surface area contributed by atoms with Gasteiger partial charge < -0.3 is 4.52 Å². The fourth-order valence-electron chi connectivity index (χ4n) is 2.34. The molecule has 0 spiro atoms. The molecule has 0 aliphatic heterocycles. The summed E-state index contributed by atoms with van der Waals surface area (Å²) in [6.45, 7) is 4.86. The van der Waals surface area contributed by atoms with Crippen molar-refractivity contribution < 1.29 is 4.52 Å². The molecule has 7 nitrogen and oxygen atoms in total. The Balaban J connectivity index is 1.82. The van der Waals surface area contributed by atoms with Gasteiger partial charge in [-0.1, -0.05) is 11.2 Å². The normalized spacial score (nSPS) is 11.6. The van der Waals surface area contributed by atoms with Gasteiger partial charge in [0.25, 0.3) is 0 Å². The molecule has 0 radical (unpaired) electrons. The van der Waals surface area contributed by atoms with Gasteiger partial charge in [-0.2, -0.15) is 4.68 Å². The summed E-state index contributed by atoms with van der Waals surface area (Å²) < 4.78 is 8.14. The van der Waals surface area contributed by atoms with E-state index in [9.17, 15) is 4.79 Å². The minimum Gasteiger partial charge on any atom is -0.361 e. The van der Waals surface area contributed by atoms with Crippen molar-refractivity contribution in [1.29, 1.82) is 0 Å². The third-order valence-corrected chi connectivity index (χ3v) is 3.47. The fraction of sp³-hybridized carbons (Fsp3) is 0.357. The molecule has 3 aromatic heterocycles. The molecular weight excluding hydrogens is 270 g/mol. The van der Waals surface area contributed by atoms with Crippen LogP contribution in [0.5, 0.6) is 0 Å². The first-order valence-electron chi connectivity index (χ1n) is 6.71. The number of rotatable bonds is 4. The van der Waals surface area contributed by atoms with Crippen LogP contribution in [-0.4, -0.2) is 31.3 Å². The van der Waals surface area contributed by atoms with Gasteiger partial charge in [0.05, 0.1) is 12.4 Å². The zero-order chi connectivity index (χ0) is 15.0. The first-order valence-corrected chi connectivity index (χ1v) is 6.71. The maximum atomic E-state index is 12.2. The van der Waals surface area contributed by atoms with Crippen molar-refractivity contribution in [3.63, 3.8) is 0 Å². The Bertz CT molecular complexity index is 810. The molecule has 0 fully saturated rings. The van der Waals surface area contributed by atoms with Crippen LogP contribution in [0.4, 0.5) is 0 Å². The topological polar surface area (TPSA) is 68.6 Å². The number of aryl methyl sites for hydroxylation is 2. The predicted molar refractivity (Wildman–Crippen MR) is 76.9 cm³/mol. The molecule has 0 amide bonds. The Hall–Kier alpha value is -2.41. The maximum absolute atomic E-state index is 12.2. The molecule has 0 bridgehead atoms. The van der Waals surface area contributed by atoms with Gasteiger partial charge in [-0.05, 0) is 33.0 Å². The lowest BCUT2D eigenvalue weighted by Crippen LogP contribution is -2.30. The van der Waals surface area contributed by atoms with Gasteiger partial charge in [-0.3, -0.25) is 9.30 Å². The number of hydrogen-bond acceptors (Lipinski definition) is 5. The van der Waals surface area contributed by atoms with Crippen LogP contribution in [0.25, 0.3) is 5.65 Å². The second-order valence-electron chi connectivity index (χ2n) is 5.17. The molecule has 110 valence electrons. The van der Waals surface area contributed by atoms with Crippen molar-refractivity contribution in [3.05, 3.63) is 51.9 Å². The van der Waals surface area contributed by atoms with Gasteiger partial charge >= 0.3 is 5.69 Å². The molecule has 0 saturated carbocycles. The first kappa shape index (κ1) is 13.6. The highest BCUT2D eigenvalue weighted by atomic mass is 16.5. The zero-order valence-corrected chi connectivity index (χ0v) is 12.3. The van der Waals surface area contributed by atoms with Gasteiger partial charge in [0, 0.05) is 18.3 Å². The van der Waals surface area contributed by atoms with Gasteiger partial charge in [0.2, 0.25) is 0 Å². The van der Waals surface area contributed by atoms with Crippen LogP contribution >= 0.6 is 0 Å². The van der Waals surface area contributed by atoms with Gasteiger partial charge in [0.15, 0.2) is 5.65 Å². The van der Waals surface area contributed by atoms with Crippen LogP contribution in [0.2, 0.25) is 0 Å². The molecule has 0 aromatic carbocycles. The number of hydrogen-bond donors (Lipinski definition) is 0. The third-order valence-electron chi connectivity index (χ3n) is 3.47. The second-order valence-corrected chi connectivity index (χ2v) is 5.17. The van der Waals surface area contributed by atoms with Gasteiger partial charge in [-0.25, -0.2) is 4.79 Å². The summed E-state index contributed by atoms with van der Waals surface area (Å²) in [6, 6.07) is 5.49. The molecule has 0 N–H and O–H groups in total. The molecule has 0 atom stereocenters. The van der Waals surface area contributed by atoms with Crippen LogP contribution in [0.3, 0.4) is 0 Å². The largest absolute Gasteiger partial charge is 0.361 e. The minimum atomic E-state index is -0.142. The molecule has 0 aliphatic rings. The van der Waals surface area contributed by atoms with Crippen molar-refractivity contribution in [3.8, 4) is 0 Å². The number of pyridine rings is 1. The number of nitrogens with zero attached hydrogens (tertiary/aromatic N) is 5. The van der Waals surface area contributed by atoms with Crippen LogP contribution in [0.1, 0.15) is 17.0 Å². The van der Waals surface area contributed by atoms with Crippen molar-refractivity contribution >= 4 is 5.65 Å². The standard InChI is InChI=1S/C14H17N5O2/c1-10-12(11(2)21-16-10)8-17(3)9-19-14(20)18-7-5-4-6-13(18)15-19/h4-7H,8-9H2,1-3H3. The molecule has 3 rings (SSSR count). The Morgan fingerprint density at radius 1 is 1.33 bits per heavy atom. The predicted octanol–water partition coefficient (Wildman–Crippen LogP) is 1.19. The van der Waals surface area contributed by atoms with E-state index in [0.717, 1.165) is 17.0 Å². The molecule has 7 heteroatoms. The molecule has 3 aromatic rings. The summed E-state index contributed by atoms with van der Waals surface area (Å²) in [5.41, 5.74) is 2.43. The SMILES string of the molecule is Cc1noc(C)c1CN(C)Cn1nc2ccccn2c1=O. The first-order chi connectivity index (χ1) is 10.1. The highest BCUT2D eigenvalue weighted by Crippen LogP contribution is 2.14. The Morgan fingerprint density at radius 3 is 2.81 bits per heavy atom. The molecule has 0 saturated heterocycles. The third kappa shape index (κ3) is 2.47. The summed E-state index contributed by atoms with van der Waals surface area (Å²) in [6.07, 6.45) is 1.72. The minimum absolute atomic E-state index is 0.142. The van der Waals surface area contributed by atoms with E-state index in [1.807, 2.05) is 44.0 Å². The summed E-state index contributed by atoms with van der Waals surface area (Å²) >= 11 is 0. The Labute approximate surface area is 121 Å². The maximum Gasteiger partial charge on any atom is 0.351 e. The van der Waals surface area contributed by atoms with E-state index in [2.05, 4.69) is 10.3 Å². The highest BCUT2D eigenvalue weighted by molar-refractivity contribution is 5.35. The summed E-state index contributed by atoms with van der Waals surface area (Å²) in [4.78, 5) is 14.2. The molecule has 0 aliphatic carbocycles. The fourth-order valence-corrected chi connectivity index (χ4v) is 2.34. The second kappa shape index (κ2) is 5.17. The van der Waals surface area contributed by atoms with Gasteiger partial charge in [0.1, 0.15) is 5.76 Å². The van der Waals surface area contributed by atoms with E-state index >= 15 is 0 Å². The summed E-state index contributed by atoms with van der Waals surface area (Å²) in [5.74, 6) is 0.807. The van der Waals surface area contributed by atoms with E-state index in [1.54, 1.807) is 6.20 Å². The lowest BCUT2D eigenvalue weighted by molar-refractivity contribution is 0.240. The monoisotopic (exact) mass is 287 g/mol. The van der Waals surface area contributed by atoms with Crippen LogP contribution < -0.4 is 5.69 Å². The van der Waals surface area contributed by atoms with E-state index < -0.39 is 0 Å². The lowest BCUT2D eigenvalue weighted by atomic mass is 10.2.